The van der Waals surface area contributed by atoms with Crippen molar-refractivity contribution < 1.29 is 19.0 Å². The van der Waals surface area contributed by atoms with Crippen LogP contribution >= 0.6 is 0 Å². The summed E-state index contributed by atoms with van der Waals surface area (Å²) in [6.45, 7) is 2.04. The van der Waals surface area contributed by atoms with E-state index in [0.717, 1.165) is 22.4 Å². The molecule has 5 nitrogen and oxygen atoms in total. The minimum absolute atomic E-state index is 0.129. The van der Waals surface area contributed by atoms with Crippen LogP contribution < -0.4 is 14.2 Å². The van der Waals surface area contributed by atoms with Crippen molar-refractivity contribution in [2.45, 2.75) is 6.92 Å². The topological polar surface area (TPSA) is 49.7 Å². The van der Waals surface area contributed by atoms with Gasteiger partial charge in [-0.3, -0.25) is 4.79 Å². The molecule has 0 N–H and O–H groups in total. The molecule has 162 valence electrons. The lowest BCUT2D eigenvalue weighted by Crippen LogP contribution is -2.04. The molecule has 0 radical (unpaired) electrons. The lowest BCUT2D eigenvalue weighted by Gasteiger charge is -2.14. The second-order valence-corrected chi connectivity index (χ2v) is 7.44. The first-order chi connectivity index (χ1) is 15.5. The van der Waals surface area contributed by atoms with Crippen LogP contribution in [0.5, 0.6) is 17.2 Å². The van der Waals surface area contributed by atoms with Crippen LogP contribution in [-0.4, -0.2) is 31.7 Å². The van der Waals surface area contributed by atoms with E-state index in [9.17, 15) is 4.79 Å². The van der Waals surface area contributed by atoms with Gasteiger partial charge in [-0.1, -0.05) is 48.0 Å². The number of hydrogen-bond acceptors (Lipinski definition) is 4. The van der Waals surface area contributed by atoms with Crippen molar-refractivity contribution >= 4 is 5.78 Å². The Kier molecular flexibility index (Phi) is 5.99. The highest BCUT2D eigenvalue weighted by Gasteiger charge is 2.22. The fourth-order valence-electron chi connectivity index (χ4n) is 3.79. The number of hydrogen-bond donors (Lipinski definition) is 0. The number of para-hydroxylation sites is 1. The van der Waals surface area contributed by atoms with Gasteiger partial charge in [-0.15, -0.1) is 0 Å². The zero-order valence-corrected chi connectivity index (χ0v) is 18.6. The van der Waals surface area contributed by atoms with Gasteiger partial charge in [0.15, 0.2) is 17.3 Å². The SMILES string of the molecule is COc1cc(C(=O)c2cn(-c3ccccc3)cc2-c2cccc(C)c2)cc(OC)c1OC. The van der Waals surface area contributed by atoms with Gasteiger partial charge in [-0.25, -0.2) is 0 Å². The molecule has 0 aliphatic heterocycles. The lowest BCUT2D eigenvalue weighted by molar-refractivity contribution is 0.103. The molecular formula is C27H25NO4. The first kappa shape index (κ1) is 21.2. The molecule has 0 fully saturated rings. The van der Waals surface area contributed by atoms with Crippen molar-refractivity contribution in [3.63, 3.8) is 0 Å². The molecular weight excluding hydrogens is 402 g/mol. The molecule has 0 unspecified atom stereocenters. The van der Waals surface area contributed by atoms with E-state index >= 15 is 0 Å². The van der Waals surface area contributed by atoms with Gasteiger partial charge in [-0.2, -0.15) is 0 Å². The number of ketones is 1. The third kappa shape index (κ3) is 3.97. The second-order valence-electron chi connectivity index (χ2n) is 7.44. The third-order valence-electron chi connectivity index (χ3n) is 5.38. The second kappa shape index (κ2) is 9.02. The molecule has 0 saturated carbocycles. The van der Waals surface area contributed by atoms with Gasteiger partial charge in [0.05, 0.1) is 21.3 Å². The molecule has 0 saturated heterocycles. The van der Waals surface area contributed by atoms with Crippen LogP contribution in [0.15, 0.2) is 79.1 Å². The number of aryl methyl sites for hydroxylation is 1. The molecule has 1 heterocycles. The van der Waals surface area contributed by atoms with Crippen LogP contribution in [0.2, 0.25) is 0 Å². The van der Waals surface area contributed by atoms with Crippen molar-refractivity contribution in [1.29, 1.82) is 0 Å². The van der Waals surface area contributed by atoms with E-state index in [1.54, 1.807) is 12.1 Å². The Morgan fingerprint density at radius 2 is 1.47 bits per heavy atom. The third-order valence-corrected chi connectivity index (χ3v) is 5.38. The predicted octanol–water partition coefficient (Wildman–Crippen LogP) is 5.71. The number of carbonyl (C=O) groups is 1. The van der Waals surface area contributed by atoms with Gasteiger partial charge in [0.25, 0.3) is 0 Å². The minimum atomic E-state index is -0.129. The number of carbonyl (C=O) groups excluding carboxylic acids is 1. The maximum Gasteiger partial charge on any atom is 0.203 e. The molecule has 0 aliphatic rings. The number of aromatic nitrogens is 1. The van der Waals surface area contributed by atoms with E-state index in [-0.39, 0.29) is 5.78 Å². The predicted molar refractivity (Wildman–Crippen MR) is 125 cm³/mol. The number of nitrogens with zero attached hydrogens (tertiary/aromatic N) is 1. The Labute approximate surface area is 187 Å². The summed E-state index contributed by atoms with van der Waals surface area (Å²) in [6, 6.07) is 21.4. The van der Waals surface area contributed by atoms with Crippen LogP contribution in [0.4, 0.5) is 0 Å². The van der Waals surface area contributed by atoms with Gasteiger partial charge in [-0.05, 0) is 36.8 Å². The first-order valence-electron chi connectivity index (χ1n) is 10.2. The van der Waals surface area contributed by atoms with Crippen molar-refractivity contribution in [2.75, 3.05) is 21.3 Å². The van der Waals surface area contributed by atoms with Crippen molar-refractivity contribution in [3.05, 3.63) is 95.8 Å². The first-order valence-corrected chi connectivity index (χ1v) is 10.2. The monoisotopic (exact) mass is 427 g/mol. The molecule has 1 aromatic heterocycles. The summed E-state index contributed by atoms with van der Waals surface area (Å²) in [7, 11) is 4.61. The molecule has 4 rings (SSSR count). The molecule has 0 amide bonds. The Bertz CT molecular complexity index is 1230. The maximum absolute atomic E-state index is 13.7. The van der Waals surface area contributed by atoms with Gasteiger partial charge >= 0.3 is 0 Å². The zero-order valence-electron chi connectivity index (χ0n) is 18.6. The van der Waals surface area contributed by atoms with E-state index in [4.69, 9.17) is 14.2 Å². The summed E-state index contributed by atoms with van der Waals surface area (Å²) in [6.07, 6.45) is 3.87. The smallest absolute Gasteiger partial charge is 0.203 e. The molecule has 0 spiro atoms. The van der Waals surface area contributed by atoms with Gasteiger partial charge in [0.1, 0.15) is 0 Å². The fourth-order valence-corrected chi connectivity index (χ4v) is 3.79. The van der Waals surface area contributed by atoms with E-state index in [2.05, 4.69) is 6.07 Å². The largest absolute Gasteiger partial charge is 0.493 e. The average Bonchev–Trinajstić information content (AvgIpc) is 3.28. The minimum Gasteiger partial charge on any atom is -0.493 e. The number of rotatable bonds is 7. The van der Waals surface area contributed by atoms with Crippen LogP contribution in [0.3, 0.4) is 0 Å². The summed E-state index contributed by atoms with van der Waals surface area (Å²) in [5, 5.41) is 0. The molecule has 0 bridgehead atoms. The van der Waals surface area contributed by atoms with Crippen LogP contribution in [-0.2, 0) is 0 Å². The Morgan fingerprint density at radius 3 is 2.06 bits per heavy atom. The van der Waals surface area contributed by atoms with Gasteiger partial charge in [0, 0.05) is 34.8 Å². The number of benzene rings is 3. The van der Waals surface area contributed by atoms with Crippen LogP contribution in [0.25, 0.3) is 16.8 Å². The molecule has 0 atom stereocenters. The summed E-state index contributed by atoms with van der Waals surface area (Å²) in [5.41, 5.74) is 4.99. The summed E-state index contributed by atoms with van der Waals surface area (Å²) in [5.74, 6) is 1.20. The van der Waals surface area contributed by atoms with Crippen molar-refractivity contribution in [3.8, 4) is 34.1 Å². The summed E-state index contributed by atoms with van der Waals surface area (Å²) in [4.78, 5) is 13.7. The lowest BCUT2D eigenvalue weighted by atomic mass is 9.97. The van der Waals surface area contributed by atoms with Gasteiger partial charge in [0.2, 0.25) is 5.75 Å². The zero-order chi connectivity index (χ0) is 22.7. The number of ether oxygens (including phenoxy) is 3. The normalized spacial score (nSPS) is 10.6. The molecule has 32 heavy (non-hydrogen) atoms. The highest BCUT2D eigenvalue weighted by molar-refractivity contribution is 6.13. The van der Waals surface area contributed by atoms with E-state index in [0.29, 0.717) is 28.4 Å². The Morgan fingerprint density at radius 1 is 0.781 bits per heavy atom. The summed E-state index contributed by atoms with van der Waals surface area (Å²) >= 11 is 0. The van der Waals surface area contributed by atoms with E-state index in [1.807, 2.05) is 72.4 Å². The molecule has 4 aromatic rings. The molecule has 3 aromatic carbocycles. The fraction of sp³-hybridized carbons (Fsp3) is 0.148. The Hall–Kier alpha value is -3.99. The average molecular weight is 428 g/mol. The quantitative estimate of drug-likeness (QED) is 0.355. The Balaban J connectivity index is 1.89. The van der Waals surface area contributed by atoms with Crippen molar-refractivity contribution in [2.24, 2.45) is 0 Å². The van der Waals surface area contributed by atoms with Gasteiger partial charge < -0.3 is 18.8 Å². The van der Waals surface area contributed by atoms with Crippen LogP contribution in [0.1, 0.15) is 21.5 Å². The summed E-state index contributed by atoms with van der Waals surface area (Å²) < 4.78 is 18.3. The number of methoxy groups -OCH3 is 3. The van der Waals surface area contributed by atoms with E-state index < -0.39 is 0 Å². The standard InChI is InChI=1S/C27H25NO4/c1-18-9-8-10-19(13-18)22-16-28(21-11-6-5-7-12-21)17-23(22)26(29)20-14-24(30-2)27(32-4)25(15-20)31-3/h5-17H,1-4H3. The highest BCUT2D eigenvalue weighted by atomic mass is 16.5. The molecule has 0 aliphatic carbocycles. The highest BCUT2D eigenvalue weighted by Crippen LogP contribution is 2.39. The van der Waals surface area contributed by atoms with Crippen LogP contribution in [0, 0.1) is 6.92 Å². The molecule has 5 heteroatoms. The van der Waals surface area contributed by atoms with E-state index in [1.165, 1.54) is 21.3 Å². The maximum atomic E-state index is 13.7. The van der Waals surface area contributed by atoms with Crippen molar-refractivity contribution in [1.82, 2.24) is 4.57 Å².